The van der Waals surface area contributed by atoms with E-state index in [2.05, 4.69) is 10.6 Å². The van der Waals surface area contributed by atoms with Crippen molar-refractivity contribution in [2.45, 2.75) is 6.04 Å². The Hall–Kier alpha value is -0.710. The number of anilines is 1. The Kier molecular flexibility index (Phi) is 3.51. The number of hydrogen-bond acceptors (Lipinski definition) is 3. The van der Waals surface area contributed by atoms with E-state index in [4.69, 9.17) is 11.6 Å². The second-order valence-electron chi connectivity index (χ2n) is 3.24. The van der Waals surface area contributed by atoms with Crippen LogP contribution < -0.4 is 10.6 Å². The van der Waals surface area contributed by atoms with Crippen LogP contribution in [0, 0.1) is 0 Å². The Bertz CT molecular complexity index is 366. The Morgan fingerprint density at radius 2 is 2.33 bits per heavy atom. The van der Waals surface area contributed by atoms with Gasteiger partial charge in [0.05, 0.1) is 16.8 Å². The smallest absolute Gasteiger partial charge is 0.242 e. The topological polar surface area (TPSA) is 41.1 Å². The summed E-state index contributed by atoms with van der Waals surface area (Å²) in [6, 6.07) is 7.13. The highest BCUT2D eigenvalue weighted by Crippen LogP contribution is 2.21. The van der Waals surface area contributed by atoms with Crippen LogP contribution in [0.15, 0.2) is 24.3 Å². The quantitative estimate of drug-likeness (QED) is 0.833. The second kappa shape index (κ2) is 4.88. The van der Waals surface area contributed by atoms with E-state index < -0.39 is 0 Å². The molecule has 0 spiro atoms. The third kappa shape index (κ3) is 2.65. The predicted molar refractivity (Wildman–Crippen MR) is 64.3 cm³/mol. The number of thioether (sulfide) groups is 1. The average Bonchev–Trinajstić information content (AvgIpc) is 2.74. The van der Waals surface area contributed by atoms with Crippen molar-refractivity contribution in [1.82, 2.24) is 5.32 Å². The van der Waals surface area contributed by atoms with Gasteiger partial charge in [-0.05, 0) is 12.1 Å². The molecule has 5 heteroatoms. The van der Waals surface area contributed by atoms with E-state index in [0.717, 1.165) is 11.6 Å². The second-order valence-corrected chi connectivity index (χ2v) is 4.68. The molecule has 1 unspecified atom stereocenters. The van der Waals surface area contributed by atoms with Gasteiger partial charge < -0.3 is 5.32 Å². The lowest BCUT2D eigenvalue weighted by Gasteiger charge is -2.11. The minimum atomic E-state index is -0.105. The Labute approximate surface area is 97.6 Å². The van der Waals surface area contributed by atoms with Crippen LogP contribution in [0.25, 0.3) is 0 Å². The van der Waals surface area contributed by atoms with Crippen LogP contribution in [0.2, 0.25) is 5.02 Å². The van der Waals surface area contributed by atoms with E-state index in [0.29, 0.717) is 10.7 Å². The van der Waals surface area contributed by atoms with Crippen molar-refractivity contribution >= 4 is 35.0 Å². The Balaban J connectivity index is 2.02. The van der Waals surface area contributed by atoms with Crippen molar-refractivity contribution in [2.75, 3.05) is 16.9 Å². The largest absolute Gasteiger partial charge is 0.323 e. The molecule has 1 amide bonds. The van der Waals surface area contributed by atoms with E-state index >= 15 is 0 Å². The number of para-hydroxylation sites is 1. The summed E-state index contributed by atoms with van der Waals surface area (Å²) in [4.78, 5) is 11.7. The van der Waals surface area contributed by atoms with Gasteiger partial charge in [-0.1, -0.05) is 23.7 Å². The molecule has 1 aromatic carbocycles. The van der Waals surface area contributed by atoms with E-state index in [1.165, 1.54) is 0 Å². The molecule has 0 radical (unpaired) electrons. The Morgan fingerprint density at radius 3 is 3.00 bits per heavy atom. The molecule has 1 saturated heterocycles. The average molecular weight is 243 g/mol. The third-order valence-electron chi connectivity index (χ3n) is 2.16. The highest BCUT2D eigenvalue weighted by Gasteiger charge is 2.22. The van der Waals surface area contributed by atoms with Crippen molar-refractivity contribution in [3.05, 3.63) is 29.3 Å². The van der Waals surface area contributed by atoms with Crippen molar-refractivity contribution < 1.29 is 4.79 Å². The molecule has 0 aliphatic carbocycles. The molecule has 1 aromatic rings. The van der Waals surface area contributed by atoms with E-state index in [1.54, 1.807) is 23.9 Å². The molecule has 1 aliphatic heterocycles. The molecule has 0 saturated carbocycles. The molecule has 2 N–H and O–H groups in total. The third-order valence-corrected chi connectivity index (χ3v) is 3.43. The first kappa shape index (κ1) is 10.8. The molecule has 80 valence electrons. The lowest BCUT2D eigenvalue weighted by Crippen LogP contribution is -2.37. The molecular formula is C10H11ClN2OS. The molecular weight excluding hydrogens is 232 g/mol. The number of halogens is 1. The standard InChI is InChI=1S/C10H11ClN2OS/c11-7-3-1-2-4-8(7)13-10(14)9-5-15-6-12-9/h1-4,9,12H,5-6H2,(H,13,14). The molecule has 0 aromatic heterocycles. The van der Waals surface area contributed by atoms with Crippen LogP contribution in [0.5, 0.6) is 0 Å². The first-order valence-electron chi connectivity index (χ1n) is 4.64. The van der Waals surface area contributed by atoms with Crippen LogP contribution in [-0.4, -0.2) is 23.6 Å². The summed E-state index contributed by atoms with van der Waals surface area (Å²) in [5.74, 6) is 1.63. The fourth-order valence-corrected chi connectivity index (χ4v) is 2.47. The predicted octanol–water partition coefficient (Wildman–Crippen LogP) is 1.94. The molecule has 1 heterocycles. The van der Waals surface area contributed by atoms with E-state index in [1.807, 2.05) is 12.1 Å². The van der Waals surface area contributed by atoms with Gasteiger partial charge in [0.1, 0.15) is 0 Å². The molecule has 15 heavy (non-hydrogen) atoms. The summed E-state index contributed by atoms with van der Waals surface area (Å²) in [5.41, 5.74) is 0.669. The molecule has 1 atom stereocenters. The number of carbonyl (C=O) groups is 1. The van der Waals surface area contributed by atoms with Gasteiger partial charge >= 0.3 is 0 Å². The summed E-state index contributed by atoms with van der Waals surface area (Å²) >= 11 is 7.66. The summed E-state index contributed by atoms with van der Waals surface area (Å²) in [6.45, 7) is 0. The summed E-state index contributed by atoms with van der Waals surface area (Å²) in [5, 5.41) is 6.48. The fourth-order valence-electron chi connectivity index (χ4n) is 1.35. The minimum Gasteiger partial charge on any atom is -0.323 e. The van der Waals surface area contributed by atoms with Crippen molar-refractivity contribution in [3.63, 3.8) is 0 Å². The van der Waals surface area contributed by atoms with Crippen molar-refractivity contribution in [2.24, 2.45) is 0 Å². The van der Waals surface area contributed by atoms with Crippen molar-refractivity contribution in [1.29, 1.82) is 0 Å². The van der Waals surface area contributed by atoms with Crippen LogP contribution in [0.4, 0.5) is 5.69 Å². The normalized spacial score (nSPS) is 20.2. The summed E-state index contributed by atoms with van der Waals surface area (Å²) < 4.78 is 0. The van der Waals surface area contributed by atoms with Gasteiger partial charge in [0.25, 0.3) is 0 Å². The van der Waals surface area contributed by atoms with Crippen LogP contribution in [0.3, 0.4) is 0 Å². The number of carbonyl (C=O) groups excluding carboxylic acids is 1. The van der Waals surface area contributed by atoms with Gasteiger partial charge in [-0.25, -0.2) is 0 Å². The number of nitrogens with one attached hydrogen (secondary N) is 2. The first-order valence-corrected chi connectivity index (χ1v) is 6.17. The summed E-state index contributed by atoms with van der Waals surface area (Å²) in [6.07, 6.45) is 0. The van der Waals surface area contributed by atoms with Gasteiger partial charge in [-0.15, -0.1) is 11.8 Å². The molecule has 1 aliphatic rings. The molecule has 0 bridgehead atoms. The highest BCUT2D eigenvalue weighted by molar-refractivity contribution is 7.99. The zero-order valence-electron chi connectivity index (χ0n) is 8.00. The van der Waals surface area contributed by atoms with Gasteiger partial charge in [0.2, 0.25) is 5.91 Å². The maximum Gasteiger partial charge on any atom is 0.242 e. The number of amides is 1. The SMILES string of the molecule is O=C(Nc1ccccc1Cl)C1CSCN1. The number of hydrogen-bond donors (Lipinski definition) is 2. The van der Waals surface area contributed by atoms with Gasteiger partial charge in [-0.3, -0.25) is 10.1 Å². The fraction of sp³-hybridized carbons (Fsp3) is 0.300. The molecule has 3 nitrogen and oxygen atoms in total. The zero-order valence-corrected chi connectivity index (χ0v) is 9.57. The van der Waals surface area contributed by atoms with Gasteiger partial charge in [0.15, 0.2) is 0 Å². The first-order chi connectivity index (χ1) is 7.27. The zero-order chi connectivity index (χ0) is 10.7. The molecule has 1 fully saturated rings. The van der Waals surface area contributed by atoms with E-state index in [9.17, 15) is 4.79 Å². The number of rotatable bonds is 2. The lowest BCUT2D eigenvalue weighted by molar-refractivity contribution is -0.117. The van der Waals surface area contributed by atoms with Crippen LogP contribution in [0.1, 0.15) is 0 Å². The Morgan fingerprint density at radius 1 is 1.53 bits per heavy atom. The minimum absolute atomic E-state index is 0.0203. The van der Waals surface area contributed by atoms with Crippen LogP contribution >= 0.6 is 23.4 Å². The summed E-state index contributed by atoms with van der Waals surface area (Å²) in [7, 11) is 0. The lowest BCUT2D eigenvalue weighted by atomic mass is 10.2. The van der Waals surface area contributed by atoms with E-state index in [-0.39, 0.29) is 11.9 Å². The molecule has 2 rings (SSSR count). The number of benzene rings is 1. The van der Waals surface area contributed by atoms with Crippen LogP contribution in [-0.2, 0) is 4.79 Å². The van der Waals surface area contributed by atoms with Gasteiger partial charge in [0, 0.05) is 11.6 Å². The monoisotopic (exact) mass is 242 g/mol. The van der Waals surface area contributed by atoms with Gasteiger partial charge in [-0.2, -0.15) is 0 Å². The van der Waals surface area contributed by atoms with Crippen molar-refractivity contribution in [3.8, 4) is 0 Å². The maximum atomic E-state index is 11.7. The highest BCUT2D eigenvalue weighted by atomic mass is 35.5. The maximum absolute atomic E-state index is 11.7.